The number of carbonyl (C=O) groups excluding carboxylic acids is 2. The number of hydrogen-bond acceptors (Lipinski definition) is 3. The maximum Gasteiger partial charge on any atom is 0.251 e. The lowest BCUT2D eigenvalue weighted by Crippen LogP contribution is -2.23. The summed E-state index contributed by atoms with van der Waals surface area (Å²) in [5.41, 5.74) is 3.25. The molecule has 1 aliphatic carbocycles. The predicted octanol–water partition coefficient (Wildman–Crippen LogP) is 3.15. The first kappa shape index (κ1) is 17.0. The highest BCUT2D eigenvalue weighted by Crippen LogP contribution is 2.30. The van der Waals surface area contributed by atoms with Crippen molar-refractivity contribution in [2.45, 2.75) is 19.4 Å². The molecule has 1 aliphatic rings. The Morgan fingerprint density at radius 3 is 2.63 bits per heavy atom. The van der Waals surface area contributed by atoms with E-state index in [0.717, 1.165) is 29.8 Å². The number of aromatic nitrogens is 2. The molecule has 0 spiro atoms. The molecule has 136 valence electrons. The summed E-state index contributed by atoms with van der Waals surface area (Å²) in [7, 11) is 0. The lowest BCUT2D eigenvalue weighted by molar-refractivity contribution is -0.117. The average Bonchev–Trinajstić information content (AvgIpc) is 3.41. The van der Waals surface area contributed by atoms with Gasteiger partial charge in [0, 0.05) is 41.8 Å². The number of rotatable bonds is 6. The highest BCUT2D eigenvalue weighted by atomic mass is 16.2. The summed E-state index contributed by atoms with van der Waals surface area (Å²) in [5, 5.41) is 5.84. The van der Waals surface area contributed by atoms with E-state index in [4.69, 9.17) is 0 Å². The molecule has 2 amide bonds. The van der Waals surface area contributed by atoms with Crippen LogP contribution in [-0.4, -0.2) is 21.4 Å². The van der Waals surface area contributed by atoms with Crippen LogP contribution in [-0.2, 0) is 11.3 Å². The van der Waals surface area contributed by atoms with E-state index in [1.807, 2.05) is 47.2 Å². The van der Waals surface area contributed by atoms with Crippen LogP contribution in [0.4, 0.5) is 5.69 Å². The molecule has 4 rings (SSSR count). The summed E-state index contributed by atoms with van der Waals surface area (Å²) >= 11 is 0. The third-order valence-corrected chi connectivity index (χ3v) is 4.53. The van der Waals surface area contributed by atoms with E-state index in [2.05, 4.69) is 15.6 Å². The van der Waals surface area contributed by atoms with E-state index in [1.165, 1.54) is 0 Å². The average molecular weight is 360 g/mol. The minimum Gasteiger partial charge on any atom is -0.348 e. The number of nitrogens with zero attached hydrogens (tertiary/aromatic N) is 2. The van der Waals surface area contributed by atoms with E-state index in [9.17, 15) is 9.59 Å². The van der Waals surface area contributed by atoms with Crippen LogP contribution in [0.5, 0.6) is 0 Å². The molecule has 1 aromatic heterocycles. The minimum absolute atomic E-state index is 0.0779. The number of anilines is 1. The molecule has 0 atom stereocenters. The fourth-order valence-electron chi connectivity index (χ4n) is 2.83. The van der Waals surface area contributed by atoms with Crippen LogP contribution in [0, 0.1) is 5.92 Å². The zero-order valence-electron chi connectivity index (χ0n) is 14.8. The smallest absolute Gasteiger partial charge is 0.251 e. The second-order valence-corrected chi connectivity index (χ2v) is 6.66. The summed E-state index contributed by atoms with van der Waals surface area (Å²) < 4.78 is 1.88. The molecule has 0 bridgehead atoms. The van der Waals surface area contributed by atoms with Gasteiger partial charge in [0.1, 0.15) is 0 Å². The third kappa shape index (κ3) is 4.23. The molecule has 0 radical (unpaired) electrons. The van der Waals surface area contributed by atoms with Crippen molar-refractivity contribution in [1.82, 2.24) is 14.9 Å². The normalized spacial score (nSPS) is 13.2. The number of hydrogen-bond donors (Lipinski definition) is 2. The molecular formula is C21H20N4O2. The fraction of sp³-hybridized carbons (Fsp3) is 0.190. The third-order valence-electron chi connectivity index (χ3n) is 4.53. The maximum atomic E-state index is 12.4. The molecule has 2 N–H and O–H groups in total. The standard InChI is InChI=1S/C21H20N4O2/c26-20(16-6-8-19(9-7-16)25-11-10-22-14-25)23-13-15-2-1-3-18(12-15)24-21(27)17-4-5-17/h1-3,6-12,14,17H,4-5,13H2,(H,23,26)(H,24,27). The number of imidazole rings is 1. The molecule has 0 saturated heterocycles. The second kappa shape index (κ2) is 7.45. The van der Waals surface area contributed by atoms with Gasteiger partial charge in [-0.3, -0.25) is 9.59 Å². The SMILES string of the molecule is O=C(NCc1cccc(NC(=O)C2CC2)c1)c1ccc(-n2ccnc2)cc1. The lowest BCUT2D eigenvalue weighted by atomic mass is 10.1. The van der Waals surface area contributed by atoms with Crippen LogP contribution in [0.2, 0.25) is 0 Å². The number of benzene rings is 2. The molecular weight excluding hydrogens is 340 g/mol. The van der Waals surface area contributed by atoms with Gasteiger partial charge in [0.2, 0.25) is 5.91 Å². The van der Waals surface area contributed by atoms with Gasteiger partial charge in [0.15, 0.2) is 0 Å². The molecule has 0 aliphatic heterocycles. The molecule has 2 aromatic carbocycles. The van der Waals surface area contributed by atoms with Crippen molar-refractivity contribution in [3.05, 3.63) is 78.4 Å². The molecule has 1 saturated carbocycles. The van der Waals surface area contributed by atoms with Gasteiger partial charge in [-0.15, -0.1) is 0 Å². The Morgan fingerprint density at radius 2 is 1.93 bits per heavy atom. The predicted molar refractivity (Wildman–Crippen MR) is 103 cm³/mol. The van der Waals surface area contributed by atoms with Crippen LogP contribution in [0.3, 0.4) is 0 Å². The van der Waals surface area contributed by atoms with E-state index >= 15 is 0 Å². The van der Waals surface area contributed by atoms with Crippen molar-refractivity contribution in [2.75, 3.05) is 5.32 Å². The number of amides is 2. The molecule has 3 aromatic rings. The molecule has 1 fully saturated rings. The number of nitrogens with one attached hydrogen (secondary N) is 2. The molecule has 6 nitrogen and oxygen atoms in total. The first-order valence-electron chi connectivity index (χ1n) is 8.95. The molecule has 6 heteroatoms. The van der Waals surface area contributed by atoms with Crippen LogP contribution in [0.15, 0.2) is 67.3 Å². The summed E-state index contributed by atoms with van der Waals surface area (Å²) in [6.07, 6.45) is 7.22. The zero-order valence-corrected chi connectivity index (χ0v) is 14.8. The summed E-state index contributed by atoms with van der Waals surface area (Å²) in [6, 6.07) is 14.9. The Labute approximate surface area is 157 Å². The van der Waals surface area contributed by atoms with E-state index in [1.54, 1.807) is 24.7 Å². The molecule has 1 heterocycles. The molecule has 0 unspecified atom stereocenters. The number of carbonyl (C=O) groups is 2. The summed E-state index contributed by atoms with van der Waals surface area (Å²) in [6.45, 7) is 0.398. The first-order chi connectivity index (χ1) is 13.2. The molecule has 27 heavy (non-hydrogen) atoms. The topological polar surface area (TPSA) is 76.0 Å². The van der Waals surface area contributed by atoms with Gasteiger partial charge >= 0.3 is 0 Å². The highest BCUT2D eigenvalue weighted by Gasteiger charge is 2.29. The first-order valence-corrected chi connectivity index (χ1v) is 8.95. The largest absolute Gasteiger partial charge is 0.348 e. The van der Waals surface area contributed by atoms with Gasteiger partial charge in [-0.25, -0.2) is 4.98 Å². The Kier molecular flexibility index (Phi) is 4.70. The van der Waals surface area contributed by atoms with E-state index in [-0.39, 0.29) is 17.7 Å². The maximum absolute atomic E-state index is 12.4. The van der Waals surface area contributed by atoms with Crippen LogP contribution in [0.25, 0.3) is 5.69 Å². The van der Waals surface area contributed by atoms with Gasteiger partial charge in [0.05, 0.1) is 6.33 Å². The summed E-state index contributed by atoms with van der Waals surface area (Å²) in [4.78, 5) is 28.3. The van der Waals surface area contributed by atoms with Gasteiger partial charge in [-0.1, -0.05) is 12.1 Å². The van der Waals surface area contributed by atoms with Gasteiger partial charge in [-0.2, -0.15) is 0 Å². The van der Waals surface area contributed by atoms with Gasteiger partial charge < -0.3 is 15.2 Å². The Morgan fingerprint density at radius 1 is 1.11 bits per heavy atom. The van der Waals surface area contributed by atoms with E-state index < -0.39 is 0 Å². The van der Waals surface area contributed by atoms with Crippen LogP contribution < -0.4 is 10.6 Å². The van der Waals surface area contributed by atoms with Crippen molar-refractivity contribution in [1.29, 1.82) is 0 Å². The van der Waals surface area contributed by atoms with E-state index in [0.29, 0.717) is 12.1 Å². The van der Waals surface area contributed by atoms with Crippen molar-refractivity contribution >= 4 is 17.5 Å². The Hall–Kier alpha value is -3.41. The second-order valence-electron chi connectivity index (χ2n) is 6.66. The quantitative estimate of drug-likeness (QED) is 0.709. The van der Waals surface area contributed by atoms with Gasteiger partial charge in [0.25, 0.3) is 5.91 Å². The highest BCUT2D eigenvalue weighted by molar-refractivity contribution is 5.95. The minimum atomic E-state index is -0.139. The summed E-state index contributed by atoms with van der Waals surface area (Å²) in [5.74, 6) is 0.104. The van der Waals surface area contributed by atoms with Crippen LogP contribution >= 0.6 is 0 Å². The lowest BCUT2D eigenvalue weighted by Gasteiger charge is -2.09. The van der Waals surface area contributed by atoms with Crippen molar-refractivity contribution < 1.29 is 9.59 Å². The van der Waals surface area contributed by atoms with Crippen molar-refractivity contribution in [3.8, 4) is 5.69 Å². The fourth-order valence-corrected chi connectivity index (χ4v) is 2.83. The van der Waals surface area contributed by atoms with Crippen molar-refractivity contribution in [2.24, 2.45) is 5.92 Å². The zero-order chi connectivity index (χ0) is 18.6. The monoisotopic (exact) mass is 360 g/mol. The van der Waals surface area contributed by atoms with Crippen molar-refractivity contribution in [3.63, 3.8) is 0 Å². The van der Waals surface area contributed by atoms with Crippen LogP contribution in [0.1, 0.15) is 28.8 Å². The Balaban J connectivity index is 1.35. The van der Waals surface area contributed by atoms with Gasteiger partial charge in [-0.05, 0) is 54.8 Å². The Bertz CT molecular complexity index is 945.